The second-order valence-electron chi connectivity index (χ2n) is 2.12. The van der Waals surface area contributed by atoms with Crippen LogP contribution in [-0.2, 0) is 9.47 Å². The van der Waals surface area contributed by atoms with Crippen LogP contribution in [0.1, 0.15) is 13.3 Å². The van der Waals surface area contributed by atoms with Crippen LogP contribution in [0, 0.1) is 0 Å². The maximum Gasteiger partial charge on any atom is 0.103 e. The molecule has 0 unspecified atom stereocenters. The van der Waals surface area contributed by atoms with Gasteiger partial charge in [-0.3, -0.25) is 0 Å². The normalized spacial score (nSPS) is 13.5. The van der Waals surface area contributed by atoms with E-state index in [1.54, 1.807) is 7.11 Å². The Morgan fingerprint density at radius 2 is 2.20 bits per heavy atom. The van der Waals surface area contributed by atoms with Gasteiger partial charge >= 0.3 is 0 Å². The summed E-state index contributed by atoms with van der Waals surface area (Å²) in [6.45, 7) is 3.29. The summed E-state index contributed by atoms with van der Waals surface area (Å²) < 4.78 is 10.0. The largest absolute Gasteiger partial charge is 0.394 e. The van der Waals surface area contributed by atoms with E-state index in [0.29, 0.717) is 6.61 Å². The molecule has 1 N–H and O–H groups in total. The lowest BCUT2D eigenvalue weighted by Crippen LogP contribution is -2.22. The predicted octanol–water partition coefficient (Wildman–Crippen LogP) is 0.420. The van der Waals surface area contributed by atoms with Crippen LogP contribution >= 0.6 is 0 Å². The number of aliphatic hydroxyl groups is 1. The van der Waals surface area contributed by atoms with Gasteiger partial charge in [-0.25, -0.2) is 0 Å². The molecule has 0 aromatic carbocycles. The van der Waals surface area contributed by atoms with Crippen LogP contribution in [0.3, 0.4) is 0 Å². The Morgan fingerprint density at radius 1 is 1.50 bits per heavy atom. The Bertz CT molecular complexity index is 61.9. The number of rotatable bonds is 6. The zero-order valence-corrected chi connectivity index (χ0v) is 6.67. The molecule has 3 heteroatoms. The number of hydrogen-bond acceptors (Lipinski definition) is 3. The van der Waals surface area contributed by atoms with Crippen molar-refractivity contribution in [2.75, 3.05) is 26.9 Å². The third kappa shape index (κ3) is 4.73. The molecule has 62 valence electrons. The maximum atomic E-state index is 8.62. The van der Waals surface area contributed by atoms with Crippen molar-refractivity contribution in [3.05, 3.63) is 0 Å². The van der Waals surface area contributed by atoms with E-state index >= 15 is 0 Å². The molecule has 1 atom stereocenters. The lowest BCUT2D eigenvalue weighted by molar-refractivity contribution is -0.0196. The van der Waals surface area contributed by atoms with Crippen LogP contribution < -0.4 is 0 Å². The van der Waals surface area contributed by atoms with Gasteiger partial charge in [0.2, 0.25) is 0 Å². The first kappa shape index (κ1) is 9.88. The molecule has 0 aliphatic rings. The van der Waals surface area contributed by atoms with Crippen LogP contribution in [0.15, 0.2) is 0 Å². The SMILES string of the molecule is CCCOC[C@H](CO)OC. The van der Waals surface area contributed by atoms with Gasteiger partial charge in [0.25, 0.3) is 0 Å². The number of hydrogen-bond donors (Lipinski definition) is 1. The van der Waals surface area contributed by atoms with Gasteiger partial charge in [-0.1, -0.05) is 6.92 Å². The highest BCUT2D eigenvalue weighted by atomic mass is 16.5. The van der Waals surface area contributed by atoms with Gasteiger partial charge in [0, 0.05) is 13.7 Å². The Labute approximate surface area is 62.0 Å². The summed E-state index contributed by atoms with van der Waals surface area (Å²) in [6, 6.07) is 0. The van der Waals surface area contributed by atoms with E-state index in [1.165, 1.54) is 0 Å². The summed E-state index contributed by atoms with van der Waals surface area (Å²) in [4.78, 5) is 0. The molecule has 0 spiro atoms. The van der Waals surface area contributed by atoms with Gasteiger partial charge in [-0.15, -0.1) is 0 Å². The molecule has 0 amide bonds. The van der Waals surface area contributed by atoms with Crippen molar-refractivity contribution in [2.45, 2.75) is 19.4 Å². The van der Waals surface area contributed by atoms with E-state index in [1.807, 2.05) is 6.92 Å². The van der Waals surface area contributed by atoms with Gasteiger partial charge in [0.05, 0.1) is 13.2 Å². The monoisotopic (exact) mass is 148 g/mol. The number of methoxy groups -OCH3 is 1. The van der Waals surface area contributed by atoms with Crippen LogP contribution in [0.25, 0.3) is 0 Å². The minimum atomic E-state index is -0.161. The summed E-state index contributed by atoms with van der Waals surface area (Å²) in [5, 5.41) is 8.62. The lowest BCUT2D eigenvalue weighted by atomic mass is 10.4. The summed E-state index contributed by atoms with van der Waals surface area (Å²) >= 11 is 0. The van der Waals surface area contributed by atoms with Crippen molar-refractivity contribution in [3.63, 3.8) is 0 Å². The minimum Gasteiger partial charge on any atom is -0.394 e. The third-order valence-electron chi connectivity index (χ3n) is 1.19. The Balaban J connectivity index is 3.09. The molecule has 0 aliphatic carbocycles. The van der Waals surface area contributed by atoms with Crippen molar-refractivity contribution in [2.24, 2.45) is 0 Å². The van der Waals surface area contributed by atoms with Gasteiger partial charge in [-0.2, -0.15) is 0 Å². The van der Waals surface area contributed by atoms with Crippen LogP contribution in [0.5, 0.6) is 0 Å². The lowest BCUT2D eigenvalue weighted by Gasteiger charge is -2.11. The molecule has 0 aliphatic heterocycles. The molecule has 0 heterocycles. The fourth-order valence-electron chi connectivity index (χ4n) is 0.554. The molecule has 0 saturated carbocycles. The molecule has 0 radical (unpaired) electrons. The molecule has 0 fully saturated rings. The van der Waals surface area contributed by atoms with Gasteiger partial charge in [-0.05, 0) is 6.42 Å². The zero-order valence-electron chi connectivity index (χ0n) is 6.67. The third-order valence-corrected chi connectivity index (χ3v) is 1.19. The molecular formula is C7H16O3. The minimum absolute atomic E-state index is 0.0280. The summed E-state index contributed by atoms with van der Waals surface area (Å²) in [5.74, 6) is 0. The smallest absolute Gasteiger partial charge is 0.103 e. The molecule has 0 bridgehead atoms. The standard InChI is InChI=1S/C7H16O3/c1-3-4-10-6-7(5-8)9-2/h7-8H,3-6H2,1-2H3/t7-/m0/s1. The summed E-state index contributed by atoms with van der Waals surface area (Å²) in [5.41, 5.74) is 0. The molecule has 0 aromatic rings. The average molecular weight is 148 g/mol. The predicted molar refractivity (Wildman–Crippen MR) is 39.0 cm³/mol. The first-order valence-corrected chi connectivity index (χ1v) is 3.56. The van der Waals surface area contributed by atoms with Crippen molar-refractivity contribution < 1.29 is 14.6 Å². The highest BCUT2D eigenvalue weighted by Gasteiger charge is 2.03. The summed E-state index contributed by atoms with van der Waals surface area (Å²) in [7, 11) is 1.57. The van der Waals surface area contributed by atoms with Crippen molar-refractivity contribution >= 4 is 0 Å². The van der Waals surface area contributed by atoms with E-state index in [4.69, 9.17) is 14.6 Å². The molecule has 10 heavy (non-hydrogen) atoms. The van der Waals surface area contributed by atoms with E-state index < -0.39 is 0 Å². The van der Waals surface area contributed by atoms with Gasteiger partial charge in [0.15, 0.2) is 0 Å². The number of aliphatic hydroxyl groups excluding tert-OH is 1. The first-order valence-electron chi connectivity index (χ1n) is 3.56. The quantitative estimate of drug-likeness (QED) is 0.555. The Morgan fingerprint density at radius 3 is 2.60 bits per heavy atom. The highest BCUT2D eigenvalue weighted by Crippen LogP contribution is 1.90. The second kappa shape index (κ2) is 6.99. The fourth-order valence-corrected chi connectivity index (χ4v) is 0.554. The van der Waals surface area contributed by atoms with Gasteiger partial charge < -0.3 is 14.6 Å². The fraction of sp³-hybridized carbons (Fsp3) is 1.00. The van der Waals surface area contributed by atoms with E-state index in [-0.39, 0.29) is 12.7 Å². The van der Waals surface area contributed by atoms with E-state index in [2.05, 4.69) is 0 Å². The maximum absolute atomic E-state index is 8.62. The molecule has 0 saturated heterocycles. The zero-order chi connectivity index (χ0) is 7.82. The van der Waals surface area contributed by atoms with Crippen molar-refractivity contribution in [3.8, 4) is 0 Å². The molecule has 0 aromatic heterocycles. The second-order valence-corrected chi connectivity index (χ2v) is 2.12. The van der Waals surface area contributed by atoms with Crippen LogP contribution in [0.2, 0.25) is 0 Å². The van der Waals surface area contributed by atoms with Gasteiger partial charge in [0.1, 0.15) is 6.10 Å². The highest BCUT2D eigenvalue weighted by molar-refractivity contribution is 4.51. The van der Waals surface area contributed by atoms with Crippen molar-refractivity contribution in [1.29, 1.82) is 0 Å². The number of ether oxygens (including phenoxy) is 2. The van der Waals surface area contributed by atoms with Crippen LogP contribution in [-0.4, -0.2) is 38.1 Å². The first-order chi connectivity index (χ1) is 4.85. The summed E-state index contributed by atoms with van der Waals surface area (Å²) in [6.07, 6.45) is 0.841. The Kier molecular flexibility index (Phi) is 6.91. The van der Waals surface area contributed by atoms with Crippen LogP contribution in [0.4, 0.5) is 0 Å². The molecular weight excluding hydrogens is 132 g/mol. The van der Waals surface area contributed by atoms with E-state index in [0.717, 1.165) is 13.0 Å². The molecule has 3 nitrogen and oxygen atoms in total. The average Bonchev–Trinajstić information content (AvgIpc) is 1.99. The Hall–Kier alpha value is -0.120. The van der Waals surface area contributed by atoms with E-state index in [9.17, 15) is 0 Å². The topological polar surface area (TPSA) is 38.7 Å². The van der Waals surface area contributed by atoms with Crippen molar-refractivity contribution in [1.82, 2.24) is 0 Å². The molecule has 0 rings (SSSR count).